The SMILES string of the molecule is Cc1cccc(COc2ccc(C(=O)NC(N)=S)cc2Cl)c1. The predicted molar refractivity (Wildman–Crippen MR) is 91.2 cm³/mol. The van der Waals surface area contributed by atoms with E-state index in [0.29, 0.717) is 22.9 Å². The number of carbonyl (C=O) groups is 1. The fourth-order valence-electron chi connectivity index (χ4n) is 1.91. The van der Waals surface area contributed by atoms with Crippen molar-refractivity contribution < 1.29 is 9.53 Å². The van der Waals surface area contributed by atoms with Crippen LogP contribution in [0.2, 0.25) is 5.02 Å². The van der Waals surface area contributed by atoms with Gasteiger partial charge in [-0.25, -0.2) is 0 Å². The monoisotopic (exact) mass is 334 g/mol. The fourth-order valence-corrected chi connectivity index (χ4v) is 2.23. The van der Waals surface area contributed by atoms with Crippen molar-refractivity contribution in [1.82, 2.24) is 5.32 Å². The van der Waals surface area contributed by atoms with Crippen molar-refractivity contribution >= 4 is 34.8 Å². The number of hydrogen-bond acceptors (Lipinski definition) is 3. The Bertz CT molecular complexity index is 719. The maximum atomic E-state index is 11.8. The van der Waals surface area contributed by atoms with E-state index in [2.05, 4.69) is 17.5 Å². The van der Waals surface area contributed by atoms with Crippen LogP contribution in [-0.4, -0.2) is 11.0 Å². The first-order valence-electron chi connectivity index (χ1n) is 6.54. The maximum absolute atomic E-state index is 11.8. The van der Waals surface area contributed by atoms with Gasteiger partial charge in [0.05, 0.1) is 5.02 Å². The van der Waals surface area contributed by atoms with Crippen LogP contribution in [0.15, 0.2) is 42.5 Å². The summed E-state index contributed by atoms with van der Waals surface area (Å²) in [5.41, 5.74) is 7.84. The highest BCUT2D eigenvalue weighted by atomic mass is 35.5. The summed E-state index contributed by atoms with van der Waals surface area (Å²) in [6, 6.07) is 12.8. The summed E-state index contributed by atoms with van der Waals surface area (Å²) in [7, 11) is 0. The number of rotatable bonds is 4. The lowest BCUT2D eigenvalue weighted by Crippen LogP contribution is -2.34. The molecule has 4 nitrogen and oxygen atoms in total. The first kappa shape index (κ1) is 16.3. The summed E-state index contributed by atoms with van der Waals surface area (Å²) in [6.07, 6.45) is 0. The lowest BCUT2D eigenvalue weighted by Gasteiger charge is -2.10. The summed E-state index contributed by atoms with van der Waals surface area (Å²) in [5, 5.41) is 2.61. The molecule has 1 amide bonds. The molecule has 114 valence electrons. The van der Waals surface area contributed by atoms with Crippen molar-refractivity contribution in [1.29, 1.82) is 0 Å². The van der Waals surface area contributed by atoms with Gasteiger partial charge in [0, 0.05) is 5.56 Å². The highest BCUT2D eigenvalue weighted by Gasteiger charge is 2.10. The van der Waals surface area contributed by atoms with E-state index >= 15 is 0 Å². The summed E-state index contributed by atoms with van der Waals surface area (Å²) < 4.78 is 5.68. The van der Waals surface area contributed by atoms with E-state index in [-0.39, 0.29) is 5.11 Å². The minimum absolute atomic E-state index is 0.0825. The summed E-state index contributed by atoms with van der Waals surface area (Å²) >= 11 is 10.8. The van der Waals surface area contributed by atoms with E-state index in [1.165, 1.54) is 6.07 Å². The van der Waals surface area contributed by atoms with Crippen LogP contribution in [0, 0.1) is 6.92 Å². The fraction of sp³-hybridized carbons (Fsp3) is 0.125. The van der Waals surface area contributed by atoms with Crippen molar-refractivity contribution in [2.75, 3.05) is 0 Å². The van der Waals surface area contributed by atoms with Crippen LogP contribution < -0.4 is 15.8 Å². The minimum Gasteiger partial charge on any atom is -0.487 e. The molecular formula is C16H15ClN2O2S. The van der Waals surface area contributed by atoms with E-state index in [9.17, 15) is 4.79 Å². The first-order chi connectivity index (χ1) is 10.5. The van der Waals surface area contributed by atoms with Crippen LogP contribution in [-0.2, 0) is 6.61 Å². The third-order valence-electron chi connectivity index (χ3n) is 2.91. The number of nitrogens with two attached hydrogens (primary N) is 1. The number of carbonyl (C=O) groups excluding carboxylic acids is 1. The Hall–Kier alpha value is -2.11. The molecule has 0 bridgehead atoms. The average Bonchev–Trinajstić information content (AvgIpc) is 2.45. The van der Waals surface area contributed by atoms with Gasteiger partial charge in [0.2, 0.25) is 0 Å². The van der Waals surface area contributed by atoms with Gasteiger partial charge in [-0.1, -0.05) is 41.4 Å². The molecule has 0 fully saturated rings. The van der Waals surface area contributed by atoms with E-state index in [1.807, 2.05) is 31.2 Å². The Morgan fingerprint density at radius 2 is 2.09 bits per heavy atom. The molecule has 0 aliphatic heterocycles. The zero-order valence-corrected chi connectivity index (χ0v) is 13.5. The molecule has 6 heteroatoms. The molecule has 0 aliphatic carbocycles. The minimum atomic E-state index is -0.403. The second-order valence-corrected chi connectivity index (χ2v) is 5.59. The van der Waals surface area contributed by atoms with Crippen molar-refractivity contribution in [2.45, 2.75) is 13.5 Å². The van der Waals surface area contributed by atoms with Gasteiger partial charge in [-0.2, -0.15) is 0 Å². The van der Waals surface area contributed by atoms with Gasteiger partial charge in [-0.05, 0) is 42.9 Å². The summed E-state index contributed by atoms with van der Waals surface area (Å²) in [6.45, 7) is 2.42. The molecule has 0 unspecified atom stereocenters. The lowest BCUT2D eigenvalue weighted by molar-refractivity contribution is 0.0977. The van der Waals surface area contributed by atoms with Gasteiger partial charge in [-0.15, -0.1) is 0 Å². The third-order valence-corrected chi connectivity index (χ3v) is 3.31. The van der Waals surface area contributed by atoms with Crippen LogP contribution in [0.25, 0.3) is 0 Å². The molecule has 2 aromatic carbocycles. The van der Waals surface area contributed by atoms with E-state index < -0.39 is 5.91 Å². The third kappa shape index (κ3) is 4.44. The molecule has 2 aromatic rings. The van der Waals surface area contributed by atoms with E-state index in [0.717, 1.165) is 11.1 Å². The normalized spacial score (nSPS) is 10.1. The van der Waals surface area contributed by atoms with Crippen LogP contribution in [0.3, 0.4) is 0 Å². The molecule has 0 saturated carbocycles. The molecule has 22 heavy (non-hydrogen) atoms. The second kappa shape index (κ2) is 7.24. The summed E-state index contributed by atoms with van der Waals surface area (Å²) in [4.78, 5) is 11.8. The number of halogens is 1. The van der Waals surface area contributed by atoms with Crippen LogP contribution >= 0.6 is 23.8 Å². The molecule has 0 atom stereocenters. The quantitative estimate of drug-likeness (QED) is 0.843. The number of ether oxygens (including phenoxy) is 1. The topological polar surface area (TPSA) is 64.3 Å². The highest BCUT2D eigenvalue weighted by Crippen LogP contribution is 2.26. The van der Waals surface area contributed by atoms with Crippen LogP contribution in [0.1, 0.15) is 21.5 Å². The van der Waals surface area contributed by atoms with Gasteiger partial charge in [0.25, 0.3) is 5.91 Å². The molecule has 0 saturated heterocycles. The molecule has 3 N–H and O–H groups in total. The standard InChI is InChI=1S/C16H15ClN2O2S/c1-10-3-2-4-11(7-10)9-21-14-6-5-12(8-13(14)17)15(20)19-16(18)22/h2-8H,9H2,1H3,(H3,18,19,20,22). The predicted octanol–water partition coefficient (Wildman–Crippen LogP) is 3.20. The molecule has 0 aromatic heterocycles. The van der Waals surface area contributed by atoms with Gasteiger partial charge < -0.3 is 10.5 Å². The zero-order valence-electron chi connectivity index (χ0n) is 11.9. The van der Waals surface area contributed by atoms with Gasteiger partial charge in [-0.3, -0.25) is 10.1 Å². The van der Waals surface area contributed by atoms with E-state index in [4.69, 9.17) is 22.1 Å². The molecule has 0 radical (unpaired) electrons. The molecule has 0 heterocycles. The zero-order chi connectivity index (χ0) is 16.1. The molecule has 0 spiro atoms. The lowest BCUT2D eigenvalue weighted by atomic mass is 10.1. The number of benzene rings is 2. The van der Waals surface area contributed by atoms with Gasteiger partial charge in [0.15, 0.2) is 5.11 Å². The van der Waals surface area contributed by atoms with Crippen molar-refractivity contribution in [3.8, 4) is 5.75 Å². The van der Waals surface area contributed by atoms with E-state index in [1.54, 1.807) is 12.1 Å². The maximum Gasteiger partial charge on any atom is 0.257 e. The summed E-state index contributed by atoms with van der Waals surface area (Å²) in [5.74, 6) is 0.106. The van der Waals surface area contributed by atoms with Crippen molar-refractivity contribution in [3.63, 3.8) is 0 Å². The van der Waals surface area contributed by atoms with Crippen molar-refractivity contribution in [2.24, 2.45) is 5.73 Å². The smallest absolute Gasteiger partial charge is 0.257 e. The Labute approximate surface area is 139 Å². The number of amides is 1. The second-order valence-electron chi connectivity index (χ2n) is 4.74. The Morgan fingerprint density at radius 3 is 2.73 bits per heavy atom. The Kier molecular flexibility index (Phi) is 5.35. The number of thiocarbonyl (C=S) groups is 1. The molecular weight excluding hydrogens is 320 g/mol. The average molecular weight is 335 g/mol. The number of aryl methyl sites for hydroxylation is 1. The van der Waals surface area contributed by atoms with Gasteiger partial charge >= 0.3 is 0 Å². The number of hydrogen-bond donors (Lipinski definition) is 2. The van der Waals surface area contributed by atoms with Crippen LogP contribution in [0.4, 0.5) is 0 Å². The van der Waals surface area contributed by atoms with Crippen molar-refractivity contribution in [3.05, 3.63) is 64.2 Å². The first-order valence-corrected chi connectivity index (χ1v) is 7.33. The highest BCUT2D eigenvalue weighted by molar-refractivity contribution is 7.80. The van der Waals surface area contributed by atoms with Gasteiger partial charge in [0.1, 0.15) is 12.4 Å². The number of nitrogens with one attached hydrogen (secondary N) is 1. The Morgan fingerprint density at radius 1 is 1.32 bits per heavy atom. The molecule has 2 rings (SSSR count). The van der Waals surface area contributed by atoms with Crippen LogP contribution in [0.5, 0.6) is 5.75 Å². The Balaban J connectivity index is 2.06. The largest absolute Gasteiger partial charge is 0.487 e. The molecule has 0 aliphatic rings.